The summed E-state index contributed by atoms with van der Waals surface area (Å²) in [4.78, 5) is 4.13. The Morgan fingerprint density at radius 2 is 2.18 bits per heavy atom. The van der Waals surface area contributed by atoms with Gasteiger partial charge in [-0.15, -0.1) is 0 Å². The minimum atomic E-state index is 0.592. The molecule has 90 valence electrons. The van der Waals surface area contributed by atoms with Gasteiger partial charge in [-0.25, -0.2) is 0 Å². The van der Waals surface area contributed by atoms with Crippen LogP contribution in [0.4, 0.5) is 11.4 Å². The molecule has 0 unspecified atom stereocenters. The number of aromatic nitrogens is 2. The van der Waals surface area contributed by atoms with E-state index in [4.69, 9.17) is 10.3 Å². The van der Waals surface area contributed by atoms with Crippen molar-refractivity contribution in [3.63, 3.8) is 0 Å². The molecule has 0 bridgehead atoms. The Morgan fingerprint density at radius 1 is 1.35 bits per heavy atom. The average Bonchev–Trinajstić information content (AvgIpc) is 2.68. The molecule has 0 atom stereocenters. The number of aryl methyl sites for hydroxylation is 2. The van der Waals surface area contributed by atoms with Gasteiger partial charge < -0.3 is 15.6 Å². The van der Waals surface area contributed by atoms with Crippen molar-refractivity contribution in [1.82, 2.24) is 10.1 Å². The highest BCUT2D eigenvalue weighted by Crippen LogP contribution is 2.19. The molecule has 1 aromatic heterocycles. The van der Waals surface area contributed by atoms with Crippen molar-refractivity contribution in [2.75, 3.05) is 17.6 Å². The second-order valence-corrected chi connectivity index (χ2v) is 4.00. The van der Waals surface area contributed by atoms with Crippen LogP contribution >= 0.6 is 0 Å². The number of anilines is 2. The van der Waals surface area contributed by atoms with Gasteiger partial charge in [0.2, 0.25) is 5.89 Å². The first-order chi connectivity index (χ1) is 8.15. The van der Waals surface area contributed by atoms with E-state index >= 15 is 0 Å². The van der Waals surface area contributed by atoms with E-state index in [1.165, 1.54) is 0 Å². The Labute approximate surface area is 100 Å². The summed E-state index contributed by atoms with van der Waals surface area (Å²) in [6.45, 7) is 4.52. The summed E-state index contributed by atoms with van der Waals surface area (Å²) in [7, 11) is 0. The normalized spacial score (nSPS) is 10.5. The lowest BCUT2D eigenvalue weighted by Crippen LogP contribution is -2.07. The van der Waals surface area contributed by atoms with E-state index < -0.39 is 0 Å². The predicted octanol–water partition coefficient (Wildman–Crippen LogP) is 1.92. The molecule has 0 radical (unpaired) electrons. The van der Waals surface area contributed by atoms with E-state index in [0.717, 1.165) is 23.5 Å². The monoisotopic (exact) mass is 232 g/mol. The topological polar surface area (TPSA) is 77.0 Å². The number of nitrogens with one attached hydrogen (secondary N) is 1. The van der Waals surface area contributed by atoms with E-state index in [2.05, 4.69) is 15.5 Å². The lowest BCUT2D eigenvalue weighted by Gasteiger charge is -2.08. The number of nitrogens with zero attached hydrogens (tertiary/aromatic N) is 2. The summed E-state index contributed by atoms with van der Waals surface area (Å²) < 4.78 is 4.89. The summed E-state index contributed by atoms with van der Waals surface area (Å²) in [6.07, 6.45) is 0.713. The molecule has 17 heavy (non-hydrogen) atoms. The molecule has 2 aromatic rings. The minimum absolute atomic E-state index is 0.592. The Bertz CT molecular complexity index is 507. The van der Waals surface area contributed by atoms with Crippen molar-refractivity contribution in [1.29, 1.82) is 0 Å². The Morgan fingerprint density at radius 3 is 2.82 bits per heavy atom. The molecular weight excluding hydrogens is 216 g/mol. The Balaban J connectivity index is 1.90. The van der Waals surface area contributed by atoms with Crippen LogP contribution in [0.2, 0.25) is 0 Å². The Kier molecular flexibility index (Phi) is 3.27. The maximum absolute atomic E-state index is 5.89. The van der Waals surface area contributed by atoms with Crippen molar-refractivity contribution >= 4 is 11.4 Å². The number of nitrogens with two attached hydrogens (primary N) is 1. The van der Waals surface area contributed by atoms with Crippen LogP contribution < -0.4 is 11.1 Å². The molecule has 3 N–H and O–H groups in total. The zero-order chi connectivity index (χ0) is 12.3. The molecule has 0 saturated carbocycles. The molecule has 0 aliphatic carbocycles. The fourth-order valence-corrected chi connectivity index (χ4v) is 1.59. The van der Waals surface area contributed by atoms with Gasteiger partial charge in [0.05, 0.1) is 11.4 Å². The summed E-state index contributed by atoms with van der Waals surface area (Å²) in [5, 5.41) is 7.08. The third-order valence-electron chi connectivity index (χ3n) is 2.44. The van der Waals surface area contributed by atoms with E-state index in [0.29, 0.717) is 18.1 Å². The lowest BCUT2D eigenvalue weighted by atomic mass is 10.2. The molecular formula is C12H16N4O. The van der Waals surface area contributed by atoms with Crippen LogP contribution in [0.3, 0.4) is 0 Å². The van der Waals surface area contributed by atoms with Crippen LogP contribution in [-0.4, -0.2) is 16.7 Å². The van der Waals surface area contributed by atoms with E-state index in [-0.39, 0.29) is 0 Å². The summed E-state index contributed by atoms with van der Waals surface area (Å²) in [6, 6.07) is 5.95. The molecule has 0 saturated heterocycles. The Hall–Kier alpha value is -2.04. The molecule has 2 rings (SSSR count). The fraction of sp³-hybridized carbons (Fsp3) is 0.333. The third kappa shape index (κ3) is 2.96. The van der Waals surface area contributed by atoms with Crippen LogP contribution in [0.5, 0.6) is 0 Å². The number of hydrogen-bond donors (Lipinski definition) is 2. The van der Waals surface area contributed by atoms with Crippen LogP contribution in [-0.2, 0) is 6.42 Å². The smallest absolute Gasteiger partial charge is 0.223 e. The van der Waals surface area contributed by atoms with Crippen molar-refractivity contribution in [2.45, 2.75) is 20.3 Å². The van der Waals surface area contributed by atoms with Gasteiger partial charge in [0.25, 0.3) is 0 Å². The first-order valence-corrected chi connectivity index (χ1v) is 5.54. The van der Waals surface area contributed by atoms with Crippen LogP contribution in [0.1, 0.15) is 17.3 Å². The highest BCUT2D eigenvalue weighted by molar-refractivity contribution is 5.66. The lowest BCUT2D eigenvalue weighted by molar-refractivity contribution is 0.387. The first-order valence-electron chi connectivity index (χ1n) is 5.54. The molecule has 0 aliphatic rings. The molecule has 1 heterocycles. The minimum Gasteiger partial charge on any atom is -0.397 e. The number of benzene rings is 1. The summed E-state index contributed by atoms with van der Waals surface area (Å²) in [5.41, 5.74) is 8.75. The summed E-state index contributed by atoms with van der Waals surface area (Å²) in [5.74, 6) is 1.30. The first kappa shape index (κ1) is 11.4. The standard InChI is InChI=1S/C12H16N4O/c1-8-3-4-11(10(13)7-8)14-6-5-12-15-9(2)17-16-12/h3-4,7,14H,5-6,13H2,1-2H3. The predicted molar refractivity (Wildman–Crippen MR) is 66.8 cm³/mol. The molecule has 0 amide bonds. The van der Waals surface area contributed by atoms with Gasteiger partial charge >= 0.3 is 0 Å². The fourth-order valence-electron chi connectivity index (χ4n) is 1.59. The number of rotatable bonds is 4. The van der Waals surface area contributed by atoms with Crippen molar-refractivity contribution in [2.24, 2.45) is 0 Å². The van der Waals surface area contributed by atoms with Gasteiger partial charge in [0.15, 0.2) is 5.82 Å². The van der Waals surface area contributed by atoms with Gasteiger partial charge in [-0.1, -0.05) is 11.2 Å². The SMILES string of the molecule is Cc1ccc(NCCc2noc(C)n2)c(N)c1. The van der Waals surface area contributed by atoms with E-state index in [9.17, 15) is 0 Å². The average molecular weight is 232 g/mol. The molecule has 1 aromatic carbocycles. The van der Waals surface area contributed by atoms with Crippen LogP contribution in [0.15, 0.2) is 22.7 Å². The zero-order valence-electron chi connectivity index (χ0n) is 10.0. The highest BCUT2D eigenvalue weighted by Gasteiger charge is 2.02. The number of hydrogen-bond acceptors (Lipinski definition) is 5. The molecule has 0 fully saturated rings. The zero-order valence-corrected chi connectivity index (χ0v) is 10.0. The second kappa shape index (κ2) is 4.86. The van der Waals surface area contributed by atoms with Gasteiger partial charge in [0, 0.05) is 19.9 Å². The van der Waals surface area contributed by atoms with Crippen molar-refractivity contribution in [3.8, 4) is 0 Å². The quantitative estimate of drug-likeness (QED) is 0.787. The largest absolute Gasteiger partial charge is 0.397 e. The van der Waals surface area contributed by atoms with Crippen molar-refractivity contribution in [3.05, 3.63) is 35.5 Å². The van der Waals surface area contributed by atoms with Crippen LogP contribution in [0.25, 0.3) is 0 Å². The van der Waals surface area contributed by atoms with E-state index in [1.54, 1.807) is 6.92 Å². The van der Waals surface area contributed by atoms with E-state index in [1.807, 2.05) is 25.1 Å². The number of nitrogen functional groups attached to an aromatic ring is 1. The van der Waals surface area contributed by atoms with Gasteiger partial charge in [-0.05, 0) is 24.6 Å². The third-order valence-corrected chi connectivity index (χ3v) is 2.44. The van der Waals surface area contributed by atoms with Crippen LogP contribution in [0, 0.1) is 13.8 Å². The molecule has 5 heteroatoms. The molecule has 0 aliphatic heterocycles. The van der Waals surface area contributed by atoms with Gasteiger partial charge in [0.1, 0.15) is 0 Å². The maximum atomic E-state index is 5.89. The van der Waals surface area contributed by atoms with Gasteiger partial charge in [-0.3, -0.25) is 0 Å². The summed E-state index contributed by atoms with van der Waals surface area (Å²) >= 11 is 0. The van der Waals surface area contributed by atoms with Gasteiger partial charge in [-0.2, -0.15) is 4.98 Å². The second-order valence-electron chi connectivity index (χ2n) is 4.00. The maximum Gasteiger partial charge on any atom is 0.223 e. The van der Waals surface area contributed by atoms with Crippen molar-refractivity contribution < 1.29 is 4.52 Å². The molecule has 0 spiro atoms. The molecule has 5 nitrogen and oxygen atoms in total. The highest BCUT2D eigenvalue weighted by atomic mass is 16.5.